The van der Waals surface area contributed by atoms with Gasteiger partial charge in [-0.25, -0.2) is 0 Å². The van der Waals surface area contributed by atoms with Gasteiger partial charge in [0.2, 0.25) is 0 Å². The molecule has 0 bridgehead atoms. The van der Waals surface area contributed by atoms with E-state index in [4.69, 9.17) is 24.4 Å². The summed E-state index contributed by atoms with van der Waals surface area (Å²) in [5, 5.41) is 0. The molecule has 0 fully saturated rings. The second kappa shape index (κ2) is 6.73. The Morgan fingerprint density at radius 2 is 0.773 bits per heavy atom. The molecule has 0 N–H and O–H groups in total. The Morgan fingerprint density at radius 1 is 0.455 bits per heavy atom. The molecule has 0 amide bonds. The second-order valence-electron chi connectivity index (χ2n) is 4.94. The maximum atomic E-state index is 5.68. The van der Waals surface area contributed by atoms with Crippen LogP contribution in [0.5, 0.6) is 0 Å². The van der Waals surface area contributed by atoms with Crippen molar-refractivity contribution in [3.05, 3.63) is 107 Å². The number of hydrogen-bond acceptors (Lipinski definition) is 2. The summed E-state index contributed by atoms with van der Waals surface area (Å²) < 4.78 is 0. The van der Waals surface area contributed by atoms with Crippen LogP contribution >= 0.6 is 24.4 Å². The van der Waals surface area contributed by atoms with Gasteiger partial charge >= 0.3 is 0 Å². The molecule has 106 valence electrons. The standard InChI is InChI=1S/C20H14S2/c21-19(15-9-3-1-4-10-15)17-13-7-8-14-18(17)20(22)16-11-5-2-6-12-16/h1-14H. The molecule has 0 unspecified atom stereocenters. The molecule has 0 aliphatic rings. The van der Waals surface area contributed by atoms with Crippen molar-refractivity contribution in [2.75, 3.05) is 0 Å². The predicted octanol–water partition coefficient (Wildman–Crippen LogP) is 5.22. The van der Waals surface area contributed by atoms with Crippen molar-refractivity contribution in [2.24, 2.45) is 0 Å². The summed E-state index contributed by atoms with van der Waals surface area (Å²) in [5.74, 6) is 0. The Morgan fingerprint density at radius 3 is 1.14 bits per heavy atom. The van der Waals surface area contributed by atoms with Crippen molar-refractivity contribution in [1.82, 2.24) is 0 Å². The lowest BCUT2D eigenvalue weighted by Crippen LogP contribution is -2.09. The molecule has 0 aromatic heterocycles. The SMILES string of the molecule is S=C(c1ccccc1)c1ccccc1C(=S)c1ccccc1. The number of benzene rings is 3. The highest BCUT2D eigenvalue weighted by atomic mass is 32.1. The Labute approximate surface area is 141 Å². The quantitative estimate of drug-likeness (QED) is 0.478. The predicted molar refractivity (Wildman–Crippen MR) is 101 cm³/mol. The smallest absolute Gasteiger partial charge is 0.0528 e. The summed E-state index contributed by atoms with van der Waals surface area (Å²) in [6, 6.07) is 28.2. The zero-order chi connectivity index (χ0) is 15.4. The van der Waals surface area contributed by atoms with E-state index in [9.17, 15) is 0 Å². The van der Waals surface area contributed by atoms with Crippen LogP contribution in [0.4, 0.5) is 0 Å². The summed E-state index contributed by atoms with van der Waals surface area (Å²) >= 11 is 11.4. The van der Waals surface area contributed by atoms with Crippen LogP contribution in [0.25, 0.3) is 0 Å². The van der Waals surface area contributed by atoms with Crippen LogP contribution in [0.15, 0.2) is 84.9 Å². The summed E-state index contributed by atoms with van der Waals surface area (Å²) in [5.41, 5.74) is 4.11. The van der Waals surface area contributed by atoms with Crippen molar-refractivity contribution in [1.29, 1.82) is 0 Å². The Kier molecular flexibility index (Phi) is 4.52. The summed E-state index contributed by atoms with van der Waals surface area (Å²) in [4.78, 5) is 1.66. The fourth-order valence-electron chi connectivity index (χ4n) is 2.37. The highest BCUT2D eigenvalue weighted by molar-refractivity contribution is 7.82. The molecular weight excluding hydrogens is 304 g/mol. The Bertz CT molecular complexity index is 735. The molecule has 0 aliphatic heterocycles. The number of rotatable bonds is 4. The lowest BCUT2D eigenvalue weighted by atomic mass is 9.95. The summed E-state index contributed by atoms with van der Waals surface area (Å²) in [6.07, 6.45) is 0. The van der Waals surface area contributed by atoms with Gasteiger partial charge in [0.25, 0.3) is 0 Å². The van der Waals surface area contributed by atoms with Gasteiger partial charge in [-0.05, 0) is 11.1 Å². The molecule has 0 aliphatic carbocycles. The molecule has 0 heterocycles. The van der Waals surface area contributed by atoms with Gasteiger partial charge in [0.1, 0.15) is 0 Å². The normalized spacial score (nSPS) is 10.2. The summed E-state index contributed by atoms with van der Waals surface area (Å²) in [6.45, 7) is 0. The average molecular weight is 318 g/mol. The van der Waals surface area contributed by atoms with Gasteiger partial charge in [0, 0.05) is 11.1 Å². The van der Waals surface area contributed by atoms with Crippen molar-refractivity contribution in [3.63, 3.8) is 0 Å². The topological polar surface area (TPSA) is 0 Å². The van der Waals surface area contributed by atoms with Crippen molar-refractivity contribution < 1.29 is 0 Å². The van der Waals surface area contributed by atoms with Crippen LogP contribution in [0.3, 0.4) is 0 Å². The molecule has 0 nitrogen and oxygen atoms in total. The minimum absolute atomic E-state index is 0.828. The fraction of sp³-hybridized carbons (Fsp3) is 0. The highest BCUT2D eigenvalue weighted by Gasteiger charge is 2.13. The minimum Gasteiger partial charge on any atom is -0.0788 e. The molecule has 0 radical (unpaired) electrons. The maximum absolute atomic E-state index is 5.68. The van der Waals surface area contributed by atoms with Crippen molar-refractivity contribution in [2.45, 2.75) is 0 Å². The maximum Gasteiger partial charge on any atom is 0.0528 e. The van der Waals surface area contributed by atoms with E-state index < -0.39 is 0 Å². The third-order valence-corrected chi connectivity index (χ3v) is 4.40. The van der Waals surface area contributed by atoms with E-state index in [1.165, 1.54) is 0 Å². The molecule has 0 spiro atoms. The third kappa shape index (κ3) is 3.03. The largest absolute Gasteiger partial charge is 0.0788 e. The van der Waals surface area contributed by atoms with Crippen LogP contribution in [0, 0.1) is 0 Å². The molecule has 3 aromatic rings. The lowest BCUT2D eigenvalue weighted by molar-refractivity contribution is 1.58. The van der Waals surface area contributed by atoms with Crippen molar-refractivity contribution in [3.8, 4) is 0 Å². The molecule has 0 saturated heterocycles. The lowest BCUT2D eigenvalue weighted by Gasteiger charge is -2.12. The Balaban J connectivity index is 2.04. The van der Waals surface area contributed by atoms with E-state index in [0.717, 1.165) is 32.0 Å². The zero-order valence-corrected chi connectivity index (χ0v) is 13.5. The second-order valence-corrected chi connectivity index (χ2v) is 5.75. The first-order chi connectivity index (χ1) is 10.8. The third-order valence-electron chi connectivity index (χ3n) is 3.49. The van der Waals surface area contributed by atoms with Crippen LogP contribution in [-0.4, -0.2) is 9.73 Å². The van der Waals surface area contributed by atoms with Crippen LogP contribution in [-0.2, 0) is 0 Å². The van der Waals surface area contributed by atoms with E-state index >= 15 is 0 Å². The van der Waals surface area contributed by atoms with Crippen LogP contribution < -0.4 is 0 Å². The van der Waals surface area contributed by atoms with Gasteiger partial charge in [0.15, 0.2) is 0 Å². The molecule has 0 saturated carbocycles. The van der Waals surface area contributed by atoms with Gasteiger partial charge in [0.05, 0.1) is 9.73 Å². The number of thiocarbonyl (C=S) groups is 2. The fourth-order valence-corrected chi connectivity index (χ4v) is 3.00. The van der Waals surface area contributed by atoms with Gasteiger partial charge in [-0.15, -0.1) is 0 Å². The molecular formula is C20H14S2. The van der Waals surface area contributed by atoms with E-state index in [1.807, 2.05) is 84.9 Å². The first-order valence-corrected chi connectivity index (χ1v) is 7.87. The molecule has 2 heteroatoms. The molecule has 22 heavy (non-hydrogen) atoms. The van der Waals surface area contributed by atoms with E-state index in [2.05, 4.69) is 0 Å². The Hall–Kier alpha value is -2.16. The highest BCUT2D eigenvalue weighted by Crippen LogP contribution is 2.20. The van der Waals surface area contributed by atoms with Crippen LogP contribution in [0.1, 0.15) is 22.3 Å². The van der Waals surface area contributed by atoms with Gasteiger partial charge in [-0.3, -0.25) is 0 Å². The van der Waals surface area contributed by atoms with Gasteiger partial charge in [-0.1, -0.05) is 109 Å². The van der Waals surface area contributed by atoms with E-state index in [1.54, 1.807) is 0 Å². The first-order valence-electron chi connectivity index (χ1n) is 7.06. The monoisotopic (exact) mass is 318 g/mol. The average Bonchev–Trinajstić information content (AvgIpc) is 2.62. The minimum atomic E-state index is 0.828. The number of hydrogen-bond donors (Lipinski definition) is 0. The van der Waals surface area contributed by atoms with Crippen LogP contribution in [0.2, 0.25) is 0 Å². The summed E-state index contributed by atoms with van der Waals surface area (Å²) in [7, 11) is 0. The molecule has 3 aromatic carbocycles. The molecule has 3 rings (SSSR count). The van der Waals surface area contributed by atoms with Gasteiger partial charge < -0.3 is 0 Å². The van der Waals surface area contributed by atoms with Gasteiger partial charge in [-0.2, -0.15) is 0 Å². The molecule has 0 atom stereocenters. The van der Waals surface area contributed by atoms with E-state index in [-0.39, 0.29) is 0 Å². The zero-order valence-electron chi connectivity index (χ0n) is 11.9. The van der Waals surface area contributed by atoms with E-state index in [0.29, 0.717) is 0 Å². The first kappa shape index (κ1) is 14.8. The van der Waals surface area contributed by atoms with Crippen molar-refractivity contribution >= 4 is 34.2 Å².